The molecule has 0 saturated carbocycles. The summed E-state index contributed by atoms with van der Waals surface area (Å²) in [4.78, 5) is 0. The predicted molar refractivity (Wildman–Crippen MR) is 49.9 cm³/mol. The largest absolute Gasteiger partial charge is 0.382 e. The third-order valence-electron chi connectivity index (χ3n) is 1.88. The van der Waals surface area contributed by atoms with E-state index in [-0.39, 0.29) is 5.54 Å². The Labute approximate surface area is 73.3 Å². The SMILES string of the molecule is COC[C@](C)(N)c1ccccc1. The fraction of sp³-hybridized carbons (Fsp3) is 0.400. The fourth-order valence-corrected chi connectivity index (χ4v) is 1.20. The first-order chi connectivity index (χ1) is 5.67. The second-order valence-electron chi connectivity index (χ2n) is 3.22. The van der Waals surface area contributed by atoms with Crippen LogP contribution in [0.5, 0.6) is 0 Å². The van der Waals surface area contributed by atoms with Crippen LogP contribution in [-0.4, -0.2) is 13.7 Å². The maximum absolute atomic E-state index is 6.02. The summed E-state index contributed by atoms with van der Waals surface area (Å²) < 4.78 is 5.04. The standard InChI is InChI=1S/C10H15NO/c1-10(11,8-12-2)9-6-4-3-5-7-9/h3-7H,8,11H2,1-2H3/t10-/m0/s1. The molecule has 12 heavy (non-hydrogen) atoms. The summed E-state index contributed by atoms with van der Waals surface area (Å²) in [5.41, 5.74) is 6.75. The highest BCUT2D eigenvalue weighted by molar-refractivity contribution is 5.22. The van der Waals surface area contributed by atoms with Crippen molar-refractivity contribution in [2.75, 3.05) is 13.7 Å². The molecule has 0 aliphatic rings. The molecule has 0 unspecified atom stereocenters. The van der Waals surface area contributed by atoms with Gasteiger partial charge >= 0.3 is 0 Å². The van der Waals surface area contributed by atoms with E-state index in [1.54, 1.807) is 7.11 Å². The molecule has 0 saturated heterocycles. The summed E-state index contributed by atoms with van der Waals surface area (Å²) in [7, 11) is 1.66. The molecule has 0 spiro atoms. The van der Waals surface area contributed by atoms with Gasteiger partial charge < -0.3 is 10.5 Å². The first kappa shape index (κ1) is 9.23. The average Bonchev–Trinajstić information content (AvgIpc) is 2.06. The molecule has 0 radical (unpaired) electrons. The molecule has 1 atom stereocenters. The van der Waals surface area contributed by atoms with Gasteiger partial charge in [-0.2, -0.15) is 0 Å². The van der Waals surface area contributed by atoms with Gasteiger partial charge in [0.1, 0.15) is 0 Å². The molecule has 1 rings (SSSR count). The van der Waals surface area contributed by atoms with Crippen molar-refractivity contribution in [3.8, 4) is 0 Å². The van der Waals surface area contributed by atoms with Gasteiger partial charge in [0.25, 0.3) is 0 Å². The lowest BCUT2D eigenvalue weighted by Crippen LogP contribution is -2.37. The number of benzene rings is 1. The van der Waals surface area contributed by atoms with Gasteiger partial charge in [-0.25, -0.2) is 0 Å². The highest BCUT2D eigenvalue weighted by Gasteiger charge is 2.19. The number of methoxy groups -OCH3 is 1. The Balaban J connectivity index is 2.82. The Kier molecular flexibility index (Phi) is 2.84. The van der Waals surface area contributed by atoms with Crippen LogP contribution in [-0.2, 0) is 10.3 Å². The highest BCUT2D eigenvalue weighted by atomic mass is 16.5. The summed E-state index contributed by atoms with van der Waals surface area (Å²) in [6, 6.07) is 9.97. The molecule has 2 nitrogen and oxygen atoms in total. The molecule has 66 valence electrons. The maximum Gasteiger partial charge on any atom is 0.0681 e. The Morgan fingerprint density at radius 3 is 2.42 bits per heavy atom. The molecular formula is C10H15NO. The first-order valence-electron chi connectivity index (χ1n) is 4.00. The van der Waals surface area contributed by atoms with E-state index in [9.17, 15) is 0 Å². The zero-order chi connectivity index (χ0) is 9.03. The van der Waals surface area contributed by atoms with Crippen molar-refractivity contribution in [1.29, 1.82) is 0 Å². The lowest BCUT2D eigenvalue weighted by molar-refractivity contribution is 0.141. The zero-order valence-corrected chi connectivity index (χ0v) is 7.58. The van der Waals surface area contributed by atoms with Crippen LogP contribution in [0.15, 0.2) is 30.3 Å². The van der Waals surface area contributed by atoms with Crippen LogP contribution in [0.25, 0.3) is 0 Å². The molecule has 0 amide bonds. The zero-order valence-electron chi connectivity index (χ0n) is 7.58. The Morgan fingerprint density at radius 1 is 1.33 bits per heavy atom. The molecule has 0 bridgehead atoms. The lowest BCUT2D eigenvalue weighted by Gasteiger charge is -2.23. The predicted octanol–water partition coefficient (Wildman–Crippen LogP) is 1.51. The second kappa shape index (κ2) is 3.70. The summed E-state index contributed by atoms with van der Waals surface area (Å²) in [5, 5.41) is 0. The van der Waals surface area contributed by atoms with E-state index in [0.29, 0.717) is 6.61 Å². The minimum atomic E-state index is -0.379. The van der Waals surface area contributed by atoms with Gasteiger partial charge in [0.2, 0.25) is 0 Å². The average molecular weight is 165 g/mol. The smallest absolute Gasteiger partial charge is 0.0681 e. The summed E-state index contributed by atoms with van der Waals surface area (Å²) in [6.45, 7) is 2.50. The summed E-state index contributed by atoms with van der Waals surface area (Å²) in [5.74, 6) is 0. The molecule has 0 heterocycles. The van der Waals surface area contributed by atoms with Crippen molar-refractivity contribution < 1.29 is 4.74 Å². The lowest BCUT2D eigenvalue weighted by atomic mass is 9.94. The van der Waals surface area contributed by atoms with E-state index in [2.05, 4.69) is 0 Å². The van der Waals surface area contributed by atoms with Gasteiger partial charge in [-0.05, 0) is 12.5 Å². The number of hydrogen-bond acceptors (Lipinski definition) is 2. The molecule has 1 aromatic carbocycles. The topological polar surface area (TPSA) is 35.2 Å². The normalized spacial score (nSPS) is 15.6. The van der Waals surface area contributed by atoms with E-state index in [4.69, 9.17) is 10.5 Å². The van der Waals surface area contributed by atoms with Crippen LogP contribution in [0, 0.1) is 0 Å². The van der Waals surface area contributed by atoms with Crippen LogP contribution < -0.4 is 5.73 Å². The first-order valence-corrected chi connectivity index (χ1v) is 4.00. The summed E-state index contributed by atoms with van der Waals surface area (Å²) >= 11 is 0. The number of nitrogens with two attached hydrogens (primary N) is 1. The van der Waals surface area contributed by atoms with E-state index in [0.717, 1.165) is 5.56 Å². The van der Waals surface area contributed by atoms with Crippen LogP contribution >= 0.6 is 0 Å². The molecule has 0 aliphatic heterocycles. The third-order valence-corrected chi connectivity index (χ3v) is 1.88. The molecule has 0 aromatic heterocycles. The monoisotopic (exact) mass is 165 g/mol. The van der Waals surface area contributed by atoms with Crippen molar-refractivity contribution >= 4 is 0 Å². The maximum atomic E-state index is 6.02. The molecule has 2 N–H and O–H groups in total. The fourth-order valence-electron chi connectivity index (χ4n) is 1.20. The van der Waals surface area contributed by atoms with E-state index in [1.807, 2.05) is 37.3 Å². The van der Waals surface area contributed by atoms with Crippen LogP contribution in [0.2, 0.25) is 0 Å². The van der Waals surface area contributed by atoms with Gasteiger partial charge in [0.05, 0.1) is 12.1 Å². The molecule has 0 aliphatic carbocycles. The molecule has 0 fully saturated rings. The van der Waals surface area contributed by atoms with Crippen LogP contribution in [0.3, 0.4) is 0 Å². The summed E-state index contributed by atoms with van der Waals surface area (Å²) in [6.07, 6.45) is 0. The molecule has 2 heteroatoms. The Hall–Kier alpha value is -0.860. The van der Waals surface area contributed by atoms with Gasteiger partial charge in [0, 0.05) is 7.11 Å². The van der Waals surface area contributed by atoms with Gasteiger partial charge in [-0.1, -0.05) is 30.3 Å². The van der Waals surface area contributed by atoms with Crippen molar-refractivity contribution in [2.24, 2.45) is 5.73 Å². The Bertz CT molecular complexity index is 231. The van der Waals surface area contributed by atoms with E-state index in [1.165, 1.54) is 0 Å². The van der Waals surface area contributed by atoms with Crippen molar-refractivity contribution in [3.63, 3.8) is 0 Å². The van der Waals surface area contributed by atoms with Gasteiger partial charge in [-0.3, -0.25) is 0 Å². The van der Waals surface area contributed by atoms with E-state index >= 15 is 0 Å². The number of rotatable bonds is 3. The van der Waals surface area contributed by atoms with Gasteiger partial charge in [0.15, 0.2) is 0 Å². The van der Waals surface area contributed by atoms with Crippen molar-refractivity contribution in [2.45, 2.75) is 12.5 Å². The second-order valence-corrected chi connectivity index (χ2v) is 3.22. The minimum Gasteiger partial charge on any atom is -0.382 e. The van der Waals surface area contributed by atoms with E-state index < -0.39 is 0 Å². The number of hydrogen-bond donors (Lipinski definition) is 1. The van der Waals surface area contributed by atoms with Crippen LogP contribution in [0.1, 0.15) is 12.5 Å². The highest BCUT2D eigenvalue weighted by Crippen LogP contribution is 2.16. The van der Waals surface area contributed by atoms with Crippen molar-refractivity contribution in [1.82, 2.24) is 0 Å². The van der Waals surface area contributed by atoms with Crippen LogP contribution in [0.4, 0.5) is 0 Å². The van der Waals surface area contributed by atoms with Gasteiger partial charge in [-0.15, -0.1) is 0 Å². The third kappa shape index (κ3) is 2.06. The Morgan fingerprint density at radius 2 is 1.92 bits per heavy atom. The minimum absolute atomic E-state index is 0.379. The number of ether oxygens (including phenoxy) is 1. The quantitative estimate of drug-likeness (QED) is 0.736. The van der Waals surface area contributed by atoms with Crippen molar-refractivity contribution in [3.05, 3.63) is 35.9 Å². The molecule has 1 aromatic rings. The molecular weight excluding hydrogens is 150 g/mol.